The van der Waals surface area contributed by atoms with E-state index in [9.17, 15) is 4.79 Å². The standard InChI is InChI=1S/C14H17N3O2S/c1-3-4-13-16-14(19-17-13)9-20-12-7-5-11(6-8-12)15-10(2)18/h5-8H,3-4,9H2,1-2H3,(H,15,18). The van der Waals surface area contributed by atoms with Crippen LogP contribution in [0.4, 0.5) is 5.69 Å². The smallest absolute Gasteiger partial charge is 0.237 e. The van der Waals surface area contributed by atoms with Crippen molar-refractivity contribution < 1.29 is 9.32 Å². The number of aryl methyl sites for hydroxylation is 1. The number of thioether (sulfide) groups is 1. The molecule has 106 valence electrons. The number of amides is 1. The van der Waals surface area contributed by atoms with Crippen LogP contribution in [-0.2, 0) is 17.0 Å². The zero-order valence-electron chi connectivity index (χ0n) is 11.5. The predicted octanol–water partition coefficient (Wildman–Crippen LogP) is 3.27. The van der Waals surface area contributed by atoms with Crippen LogP contribution < -0.4 is 5.32 Å². The van der Waals surface area contributed by atoms with E-state index >= 15 is 0 Å². The summed E-state index contributed by atoms with van der Waals surface area (Å²) in [6, 6.07) is 7.67. The molecule has 1 aromatic heterocycles. The van der Waals surface area contributed by atoms with Crippen LogP contribution in [0.3, 0.4) is 0 Å². The van der Waals surface area contributed by atoms with Gasteiger partial charge in [-0.25, -0.2) is 0 Å². The van der Waals surface area contributed by atoms with Gasteiger partial charge in [-0.1, -0.05) is 12.1 Å². The predicted molar refractivity (Wildman–Crippen MR) is 78.6 cm³/mol. The first-order valence-corrected chi connectivity index (χ1v) is 7.48. The van der Waals surface area contributed by atoms with Gasteiger partial charge >= 0.3 is 0 Å². The highest BCUT2D eigenvalue weighted by atomic mass is 32.2. The van der Waals surface area contributed by atoms with Crippen LogP contribution >= 0.6 is 11.8 Å². The molecule has 6 heteroatoms. The number of carbonyl (C=O) groups is 1. The van der Waals surface area contributed by atoms with Gasteiger partial charge in [-0.05, 0) is 30.7 Å². The molecule has 0 aliphatic rings. The van der Waals surface area contributed by atoms with Crippen molar-refractivity contribution >= 4 is 23.4 Å². The summed E-state index contributed by atoms with van der Waals surface area (Å²) in [6.45, 7) is 3.58. The lowest BCUT2D eigenvalue weighted by Crippen LogP contribution is -2.05. The van der Waals surface area contributed by atoms with Gasteiger partial charge in [0, 0.05) is 23.9 Å². The average molecular weight is 291 g/mol. The minimum absolute atomic E-state index is 0.0697. The first-order valence-electron chi connectivity index (χ1n) is 6.49. The summed E-state index contributed by atoms with van der Waals surface area (Å²) in [5.74, 6) is 1.99. The lowest BCUT2D eigenvalue weighted by atomic mass is 10.3. The Balaban J connectivity index is 1.88. The topological polar surface area (TPSA) is 68.0 Å². The molecule has 0 saturated carbocycles. The van der Waals surface area contributed by atoms with Crippen LogP contribution in [0.1, 0.15) is 32.0 Å². The van der Waals surface area contributed by atoms with Crippen LogP contribution in [0, 0.1) is 0 Å². The highest BCUT2D eigenvalue weighted by Gasteiger charge is 2.06. The molecule has 0 radical (unpaired) electrons. The fourth-order valence-electron chi connectivity index (χ4n) is 1.66. The largest absolute Gasteiger partial charge is 0.338 e. The maximum absolute atomic E-state index is 10.9. The van der Waals surface area contributed by atoms with E-state index in [1.807, 2.05) is 24.3 Å². The Morgan fingerprint density at radius 1 is 1.35 bits per heavy atom. The highest BCUT2D eigenvalue weighted by molar-refractivity contribution is 7.98. The second-order valence-corrected chi connectivity index (χ2v) is 5.40. The Morgan fingerprint density at radius 3 is 2.75 bits per heavy atom. The Bertz CT molecular complexity index is 566. The molecule has 0 atom stereocenters. The lowest BCUT2D eigenvalue weighted by molar-refractivity contribution is -0.114. The maximum Gasteiger partial charge on any atom is 0.237 e. The SMILES string of the molecule is CCCc1noc(CSc2ccc(NC(C)=O)cc2)n1. The van der Waals surface area contributed by atoms with Gasteiger partial charge in [-0.15, -0.1) is 11.8 Å². The van der Waals surface area contributed by atoms with E-state index in [0.717, 1.165) is 29.2 Å². The number of anilines is 1. The number of carbonyl (C=O) groups excluding carboxylic acids is 1. The molecule has 0 aliphatic carbocycles. The van der Waals surface area contributed by atoms with Gasteiger partial charge in [-0.3, -0.25) is 4.79 Å². The molecule has 0 bridgehead atoms. The average Bonchev–Trinajstić information content (AvgIpc) is 2.86. The van der Waals surface area contributed by atoms with Crippen molar-refractivity contribution in [3.05, 3.63) is 36.0 Å². The summed E-state index contributed by atoms with van der Waals surface area (Å²) in [5, 5.41) is 6.65. The van der Waals surface area contributed by atoms with Gasteiger partial charge in [-0.2, -0.15) is 4.98 Å². The molecule has 2 aromatic rings. The van der Waals surface area contributed by atoms with E-state index in [1.54, 1.807) is 11.8 Å². The molecule has 1 aromatic carbocycles. The number of hydrogen-bond acceptors (Lipinski definition) is 5. The van der Waals surface area contributed by atoms with Crippen molar-refractivity contribution in [1.82, 2.24) is 10.1 Å². The van der Waals surface area contributed by atoms with Crippen molar-refractivity contribution in [2.45, 2.75) is 37.3 Å². The molecular formula is C14H17N3O2S. The second kappa shape index (κ2) is 7.09. The number of aromatic nitrogens is 2. The van der Waals surface area contributed by atoms with Gasteiger partial charge in [0.1, 0.15) is 0 Å². The zero-order chi connectivity index (χ0) is 14.4. The third kappa shape index (κ3) is 4.38. The van der Waals surface area contributed by atoms with E-state index < -0.39 is 0 Å². The minimum atomic E-state index is -0.0697. The van der Waals surface area contributed by atoms with Crippen LogP contribution in [0.5, 0.6) is 0 Å². The van der Waals surface area contributed by atoms with E-state index in [4.69, 9.17) is 4.52 Å². The Hall–Kier alpha value is -1.82. The first kappa shape index (κ1) is 14.6. The lowest BCUT2D eigenvalue weighted by Gasteiger charge is -2.03. The highest BCUT2D eigenvalue weighted by Crippen LogP contribution is 2.23. The third-order valence-corrected chi connectivity index (χ3v) is 3.52. The molecule has 5 nitrogen and oxygen atoms in total. The summed E-state index contributed by atoms with van der Waals surface area (Å²) >= 11 is 1.62. The number of rotatable bonds is 6. The molecule has 2 rings (SSSR count). The van der Waals surface area contributed by atoms with E-state index in [1.165, 1.54) is 6.92 Å². The number of hydrogen-bond donors (Lipinski definition) is 1. The van der Waals surface area contributed by atoms with Crippen LogP contribution in [0.2, 0.25) is 0 Å². The van der Waals surface area contributed by atoms with Gasteiger partial charge in [0.05, 0.1) is 5.75 Å². The van der Waals surface area contributed by atoms with Crippen molar-refractivity contribution in [1.29, 1.82) is 0 Å². The Kier molecular flexibility index (Phi) is 5.17. The molecule has 0 unspecified atom stereocenters. The van der Waals surface area contributed by atoms with Crippen molar-refractivity contribution in [2.75, 3.05) is 5.32 Å². The molecule has 1 amide bonds. The van der Waals surface area contributed by atoms with Crippen LogP contribution in [0.25, 0.3) is 0 Å². The number of nitrogens with one attached hydrogen (secondary N) is 1. The molecule has 20 heavy (non-hydrogen) atoms. The number of nitrogens with zero attached hydrogens (tertiary/aromatic N) is 2. The summed E-state index contributed by atoms with van der Waals surface area (Å²) in [5.41, 5.74) is 0.796. The summed E-state index contributed by atoms with van der Waals surface area (Å²) in [4.78, 5) is 16.3. The van der Waals surface area contributed by atoms with E-state index in [0.29, 0.717) is 11.6 Å². The monoisotopic (exact) mass is 291 g/mol. The fraction of sp³-hybridized carbons (Fsp3) is 0.357. The first-order chi connectivity index (χ1) is 9.67. The minimum Gasteiger partial charge on any atom is -0.338 e. The van der Waals surface area contributed by atoms with Gasteiger partial charge < -0.3 is 9.84 Å². The molecule has 1 N–H and O–H groups in total. The van der Waals surface area contributed by atoms with E-state index in [2.05, 4.69) is 22.4 Å². The Labute approximate surface area is 122 Å². The van der Waals surface area contributed by atoms with Gasteiger partial charge in [0.25, 0.3) is 0 Å². The quantitative estimate of drug-likeness (QED) is 0.827. The summed E-state index contributed by atoms with van der Waals surface area (Å²) in [6.07, 6.45) is 1.86. The van der Waals surface area contributed by atoms with Crippen LogP contribution in [-0.4, -0.2) is 16.0 Å². The maximum atomic E-state index is 10.9. The molecule has 0 saturated heterocycles. The number of benzene rings is 1. The molecule has 0 spiro atoms. The molecular weight excluding hydrogens is 274 g/mol. The third-order valence-electron chi connectivity index (χ3n) is 2.52. The summed E-state index contributed by atoms with van der Waals surface area (Å²) < 4.78 is 5.18. The van der Waals surface area contributed by atoms with Gasteiger partial charge in [0.2, 0.25) is 11.8 Å². The van der Waals surface area contributed by atoms with Gasteiger partial charge in [0.15, 0.2) is 5.82 Å². The Morgan fingerprint density at radius 2 is 2.10 bits per heavy atom. The van der Waals surface area contributed by atoms with Crippen molar-refractivity contribution in [2.24, 2.45) is 0 Å². The van der Waals surface area contributed by atoms with Crippen molar-refractivity contribution in [3.8, 4) is 0 Å². The van der Waals surface area contributed by atoms with Crippen LogP contribution in [0.15, 0.2) is 33.7 Å². The molecule has 1 heterocycles. The zero-order valence-corrected chi connectivity index (χ0v) is 12.4. The normalized spacial score (nSPS) is 10.5. The fourth-order valence-corrected chi connectivity index (χ4v) is 2.39. The van der Waals surface area contributed by atoms with E-state index in [-0.39, 0.29) is 5.91 Å². The molecule has 0 fully saturated rings. The second-order valence-electron chi connectivity index (χ2n) is 4.35. The summed E-state index contributed by atoms with van der Waals surface area (Å²) in [7, 11) is 0. The van der Waals surface area contributed by atoms with Crippen molar-refractivity contribution in [3.63, 3.8) is 0 Å². The molecule has 0 aliphatic heterocycles.